The molecular weight excluding hydrogens is 569 g/mol. The Kier molecular flexibility index (Phi) is 7.15. The maximum absolute atomic E-state index is 13.2. The highest BCUT2D eigenvalue weighted by molar-refractivity contribution is 6.62. The molecule has 2 fully saturated rings. The second kappa shape index (κ2) is 10.6. The molecule has 1 aromatic heterocycles. The predicted octanol–water partition coefficient (Wildman–Crippen LogP) is 5.98. The van der Waals surface area contributed by atoms with Gasteiger partial charge in [0, 0.05) is 30.7 Å². The zero-order valence-corrected chi connectivity index (χ0v) is 27.7. The Morgan fingerprint density at radius 1 is 1.04 bits per heavy atom. The summed E-state index contributed by atoms with van der Waals surface area (Å²) in [5, 5.41) is 0. The van der Waals surface area contributed by atoms with Crippen molar-refractivity contribution in [2.75, 3.05) is 20.3 Å². The van der Waals surface area contributed by atoms with Gasteiger partial charge < -0.3 is 28.5 Å². The van der Waals surface area contributed by atoms with Gasteiger partial charge in [-0.05, 0) is 102 Å². The molecule has 0 radical (unpaired) electrons. The van der Waals surface area contributed by atoms with Gasteiger partial charge in [-0.15, -0.1) is 0 Å². The maximum atomic E-state index is 13.2. The standard InChI is InChI=1S/C35H44BN3O6/c1-33(2,3)43-32(40)39-17-20(18-41-8)13-28(39)31-37-27-12-9-21-15-26-24-11-10-23(36-44-34(4,5)35(6,7)45-36)14-22(24)19-42-29(26)16-25(21)30(27)38-31/h10-11,14-16,20,28H,9,12-13,17-19H2,1-8H3,(H,37,38)/t20-,28-/m0/s1. The molecule has 0 bridgehead atoms. The van der Waals surface area contributed by atoms with E-state index in [0.717, 1.165) is 64.4 Å². The summed E-state index contributed by atoms with van der Waals surface area (Å²) in [7, 11) is 1.29. The number of fused-ring (bicyclic) bond motifs is 6. The third kappa shape index (κ3) is 5.34. The van der Waals surface area contributed by atoms with Crippen LogP contribution in [0.4, 0.5) is 4.79 Å². The van der Waals surface area contributed by atoms with Crippen LogP contribution >= 0.6 is 0 Å². The molecule has 238 valence electrons. The molecule has 9 nitrogen and oxygen atoms in total. The van der Waals surface area contributed by atoms with Crippen LogP contribution in [0.15, 0.2) is 30.3 Å². The molecule has 2 aromatic carbocycles. The van der Waals surface area contributed by atoms with E-state index in [1.54, 1.807) is 7.11 Å². The van der Waals surface area contributed by atoms with E-state index in [-0.39, 0.29) is 18.1 Å². The topological polar surface area (TPSA) is 95.1 Å². The zero-order valence-electron chi connectivity index (χ0n) is 27.7. The minimum absolute atomic E-state index is 0.201. The number of imidazole rings is 1. The van der Waals surface area contributed by atoms with Crippen molar-refractivity contribution < 1.29 is 28.3 Å². The molecule has 45 heavy (non-hydrogen) atoms. The summed E-state index contributed by atoms with van der Waals surface area (Å²) < 4.78 is 30.2. The number of hydrogen-bond acceptors (Lipinski definition) is 7. The number of H-pyrrole nitrogens is 1. The number of aryl methyl sites for hydroxylation is 2. The van der Waals surface area contributed by atoms with Crippen LogP contribution in [0.1, 0.15) is 83.6 Å². The lowest BCUT2D eigenvalue weighted by molar-refractivity contribution is 0.00578. The third-order valence-electron chi connectivity index (χ3n) is 9.96. The van der Waals surface area contributed by atoms with Crippen molar-refractivity contribution in [3.63, 3.8) is 0 Å². The van der Waals surface area contributed by atoms with Gasteiger partial charge in [0.1, 0.15) is 23.8 Å². The highest BCUT2D eigenvalue weighted by atomic mass is 16.7. The van der Waals surface area contributed by atoms with Crippen LogP contribution in [0.3, 0.4) is 0 Å². The summed E-state index contributed by atoms with van der Waals surface area (Å²) in [6.45, 7) is 15.6. The summed E-state index contributed by atoms with van der Waals surface area (Å²) in [6, 6.07) is 10.7. The lowest BCUT2D eigenvalue weighted by Crippen LogP contribution is -2.41. The largest absolute Gasteiger partial charge is 0.494 e. The molecule has 1 N–H and O–H groups in total. The van der Waals surface area contributed by atoms with Crippen LogP contribution in [0, 0.1) is 5.92 Å². The lowest BCUT2D eigenvalue weighted by atomic mass is 9.76. The van der Waals surface area contributed by atoms with Crippen molar-refractivity contribution in [1.29, 1.82) is 0 Å². The van der Waals surface area contributed by atoms with E-state index in [1.807, 2.05) is 25.7 Å². The van der Waals surface area contributed by atoms with Crippen molar-refractivity contribution in [2.45, 2.75) is 97.2 Å². The molecule has 0 saturated carbocycles. The van der Waals surface area contributed by atoms with Crippen molar-refractivity contribution in [1.82, 2.24) is 14.9 Å². The zero-order chi connectivity index (χ0) is 31.9. The number of likely N-dealkylation sites (tertiary alicyclic amines) is 1. The van der Waals surface area contributed by atoms with E-state index in [0.29, 0.717) is 19.8 Å². The lowest BCUT2D eigenvalue weighted by Gasteiger charge is -2.32. The Morgan fingerprint density at radius 2 is 1.80 bits per heavy atom. The minimum Gasteiger partial charge on any atom is -0.488 e. The molecule has 2 saturated heterocycles. The predicted molar refractivity (Wildman–Crippen MR) is 173 cm³/mol. The van der Waals surface area contributed by atoms with Crippen LogP contribution in [0.5, 0.6) is 5.75 Å². The highest BCUT2D eigenvalue weighted by Gasteiger charge is 2.52. The second-order valence-electron chi connectivity index (χ2n) is 14.9. The number of aromatic amines is 1. The van der Waals surface area contributed by atoms with Gasteiger partial charge in [0.15, 0.2) is 0 Å². The summed E-state index contributed by atoms with van der Waals surface area (Å²) in [4.78, 5) is 23.7. The molecule has 4 aliphatic rings. The second-order valence-corrected chi connectivity index (χ2v) is 14.9. The SMILES string of the molecule is COC[C@H]1C[C@@H](c2nc3c([nH]2)-c2cc4c(cc2CC3)-c2ccc(B3OC(C)(C)C(C)(C)O3)cc2CO4)N(C(=O)OC(C)(C)C)C1. The number of ether oxygens (including phenoxy) is 3. The van der Waals surface area contributed by atoms with Crippen molar-refractivity contribution in [3.05, 3.63) is 53.0 Å². The third-order valence-corrected chi connectivity index (χ3v) is 9.96. The van der Waals surface area contributed by atoms with Gasteiger partial charge in [-0.25, -0.2) is 9.78 Å². The summed E-state index contributed by atoms with van der Waals surface area (Å²) in [5.41, 5.74) is 7.48. The molecule has 7 rings (SSSR count). The number of amides is 1. The number of benzene rings is 2. The van der Waals surface area contributed by atoms with E-state index >= 15 is 0 Å². The van der Waals surface area contributed by atoms with E-state index in [1.165, 1.54) is 11.1 Å². The van der Waals surface area contributed by atoms with Gasteiger partial charge in [-0.3, -0.25) is 4.90 Å². The highest BCUT2D eigenvalue weighted by Crippen LogP contribution is 2.45. The number of carbonyl (C=O) groups is 1. The number of nitrogens with one attached hydrogen (secondary N) is 1. The van der Waals surface area contributed by atoms with Gasteiger partial charge in [-0.1, -0.05) is 18.2 Å². The Balaban J connectivity index is 1.18. The molecule has 4 heterocycles. The molecule has 1 aliphatic carbocycles. The Labute approximate surface area is 266 Å². The molecule has 0 unspecified atom stereocenters. The number of hydrogen-bond donors (Lipinski definition) is 1. The number of nitrogens with zero attached hydrogens (tertiary/aromatic N) is 2. The van der Waals surface area contributed by atoms with E-state index in [2.05, 4.69) is 63.0 Å². The first-order valence-electron chi connectivity index (χ1n) is 16.1. The molecule has 3 aliphatic heterocycles. The molecule has 1 amide bonds. The van der Waals surface area contributed by atoms with Crippen molar-refractivity contribution in [3.8, 4) is 28.1 Å². The van der Waals surface area contributed by atoms with Gasteiger partial charge in [0.05, 0.1) is 35.2 Å². The fourth-order valence-electron chi connectivity index (χ4n) is 6.98. The normalized spacial score (nSPS) is 22.8. The molecule has 2 atom stereocenters. The van der Waals surface area contributed by atoms with Crippen LogP contribution < -0.4 is 10.2 Å². The maximum Gasteiger partial charge on any atom is 0.494 e. The monoisotopic (exact) mass is 613 g/mol. The first-order chi connectivity index (χ1) is 21.2. The van der Waals surface area contributed by atoms with Crippen molar-refractivity contribution in [2.24, 2.45) is 5.92 Å². The van der Waals surface area contributed by atoms with E-state index < -0.39 is 23.9 Å². The molecular formula is C35H44BN3O6. The van der Waals surface area contributed by atoms with Crippen molar-refractivity contribution >= 4 is 18.7 Å². The Bertz CT molecular complexity index is 1640. The number of carbonyl (C=O) groups excluding carboxylic acids is 1. The quantitative estimate of drug-likeness (QED) is 0.362. The first-order valence-corrected chi connectivity index (χ1v) is 16.1. The number of methoxy groups -OCH3 is 1. The van der Waals surface area contributed by atoms with Crippen LogP contribution in [0.2, 0.25) is 0 Å². The Hall–Kier alpha value is -3.34. The number of aromatic nitrogens is 2. The minimum atomic E-state index is -0.576. The van der Waals surface area contributed by atoms with Gasteiger partial charge in [0.25, 0.3) is 0 Å². The van der Waals surface area contributed by atoms with Gasteiger partial charge >= 0.3 is 13.2 Å². The summed E-state index contributed by atoms with van der Waals surface area (Å²) >= 11 is 0. The summed E-state index contributed by atoms with van der Waals surface area (Å²) in [5.74, 6) is 1.88. The van der Waals surface area contributed by atoms with Crippen LogP contribution in [-0.2, 0) is 38.2 Å². The van der Waals surface area contributed by atoms with Gasteiger partial charge in [0.2, 0.25) is 0 Å². The number of rotatable bonds is 4. The molecule has 3 aromatic rings. The first kappa shape index (κ1) is 30.3. The molecule has 10 heteroatoms. The fourth-order valence-corrected chi connectivity index (χ4v) is 6.98. The van der Waals surface area contributed by atoms with E-state index in [9.17, 15) is 4.79 Å². The average molecular weight is 614 g/mol. The smallest absolute Gasteiger partial charge is 0.488 e. The average Bonchev–Trinajstić information content (AvgIpc) is 3.64. The van der Waals surface area contributed by atoms with E-state index in [4.69, 9.17) is 28.5 Å². The van der Waals surface area contributed by atoms with Crippen LogP contribution in [0.25, 0.3) is 22.4 Å². The Morgan fingerprint density at radius 3 is 2.51 bits per heavy atom. The molecule has 0 spiro atoms. The fraction of sp³-hybridized carbons (Fsp3) is 0.543. The van der Waals surface area contributed by atoms with Crippen LogP contribution in [-0.4, -0.2) is 65.1 Å². The summed E-state index contributed by atoms with van der Waals surface area (Å²) in [6.07, 6.45) is 2.16. The van der Waals surface area contributed by atoms with Gasteiger partial charge in [-0.2, -0.15) is 0 Å².